The van der Waals surface area contributed by atoms with Crippen LogP contribution in [0.15, 0.2) is 96.9 Å². The first kappa shape index (κ1) is 58.7. The number of aliphatic hydroxyl groups is 2. The molecule has 9 rings (SSSR count). The zero-order valence-corrected chi connectivity index (χ0v) is 46.7. The molecular weight excluding hydrogens is 1030 g/mol. The van der Waals surface area contributed by atoms with Crippen molar-refractivity contribution >= 4 is 31.3 Å². The Kier molecular flexibility index (Phi) is 19.2. The fourth-order valence-electron chi connectivity index (χ4n) is 14.3. The number of Topliss-reactive ketones (excluding diaryl/α,β-unsaturated/α-hetero) is 1. The molecule has 0 bridgehead atoms. The normalized spacial score (nSPS) is 28.7. The van der Waals surface area contributed by atoms with Crippen molar-refractivity contribution in [2.75, 3.05) is 39.5 Å². The summed E-state index contributed by atoms with van der Waals surface area (Å²) in [5, 5.41) is 29.2. The number of amides is 1. The van der Waals surface area contributed by atoms with Gasteiger partial charge in [-0.2, -0.15) is 4.57 Å². The van der Waals surface area contributed by atoms with Gasteiger partial charge in [-0.3, -0.25) is 29.0 Å². The summed E-state index contributed by atoms with van der Waals surface area (Å²) in [4.78, 5) is 73.7. The van der Waals surface area contributed by atoms with Gasteiger partial charge in [-0.15, -0.1) is 0 Å². The number of carbonyl (C=O) groups excluding carboxylic acids is 4. The number of pyridine rings is 1. The Labute approximate surface area is 464 Å². The van der Waals surface area contributed by atoms with Crippen molar-refractivity contribution in [3.8, 4) is 5.75 Å². The lowest BCUT2D eigenvalue weighted by Crippen LogP contribution is -2.63. The molecule has 428 valence electrons. The minimum atomic E-state index is -4.97. The number of fused-ring (bicyclic) bond motifs is 7. The minimum Gasteiger partial charge on any atom is -0.456 e. The highest BCUT2D eigenvalue weighted by Crippen LogP contribution is 2.70. The Balaban J connectivity index is 0.764. The van der Waals surface area contributed by atoms with Crippen molar-refractivity contribution in [3.05, 3.63) is 119 Å². The van der Waals surface area contributed by atoms with Crippen LogP contribution in [0.5, 0.6) is 5.75 Å². The predicted octanol–water partition coefficient (Wildman–Crippen LogP) is 7.51. The second-order valence-electron chi connectivity index (χ2n) is 23.4. The number of rotatable bonds is 26. The minimum absolute atomic E-state index is 0.00417. The molecule has 1 aliphatic heterocycles. The van der Waals surface area contributed by atoms with E-state index in [1.807, 2.05) is 19.1 Å². The van der Waals surface area contributed by atoms with Gasteiger partial charge in [0.2, 0.25) is 5.78 Å². The van der Waals surface area contributed by atoms with Crippen molar-refractivity contribution in [1.82, 2.24) is 10.6 Å². The number of aliphatic hydroxyl groups excluding tert-OH is 2. The number of esters is 1. The fourth-order valence-corrected chi connectivity index (χ4v) is 14.7. The summed E-state index contributed by atoms with van der Waals surface area (Å²) < 4.78 is 43.9. The smallest absolute Gasteiger partial charge is 0.456 e. The number of hydrogen-bond donors (Lipinski definition) is 6. The Hall–Kier alpha value is -4.94. The lowest BCUT2D eigenvalue weighted by molar-refractivity contribution is -0.688. The molecule has 17 nitrogen and oxygen atoms in total. The molecule has 4 saturated carbocycles. The summed E-state index contributed by atoms with van der Waals surface area (Å²) in [5.74, 6) is -2.11. The molecule has 2 heterocycles. The van der Waals surface area contributed by atoms with Crippen molar-refractivity contribution < 1.29 is 71.8 Å². The molecule has 0 spiro atoms. The molecule has 1 aromatic heterocycles. The van der Waals surface area contributed by atoms with Gasteiger partial charge in [0, 0.05) is 48.5 Å². The Morgan fingerprint density at radius 3 is 2.49 bits per heavy atom. The number of phosphoric acid groups is 1. The van der Waals surface area contributed by atoms with Crippen molar-refractivity contribution in [2.24, 2.45) is 34.5 Å². The van der Waals surface area contributed by atoms with Crippen LogP contribution in [-0.2, 0) is 50.9 Å². The predicted molar refractivity (Wildman–Crippen MR) is 292 cm³/mol. The Bertz CT molecular complexity index is 2740. The van der Waals surface area contributed by atoms with E-state index >= 15 is 0 Å². The molecule has 1 saturated heterocycles. The van der Waals surface area contributed by atoms with Crippen LogP contribution >= 0.6 is 7.82 Å². The largest absolute Gasteiger partial charge is 0.524 e. The van der Waals surface area contributed by atoms with Crippen LogP contribution < -0.4 is 19.7 Å². The number of nitrogens with zero attached hydrogens (tertiary/aromatic N) is 1. The third-order valence-corrected chi connectivity index (χ3v) is 18.6. The van der Waals surface area contributed by atoms with Gasteiger partial charge >= 0.3 is 13.8 Å². The van der Waals surface area contributed by atoms with E-state index in [2.05, 4.69) is 41.8 Å². The van der Waals surface area contributed by atoms with Gasteiger partial charge in [0.1, 0.15) is 17.9 Å². The lowest BCUT2D eigenvalue weighted by atomic mass is 9.46. The van der Waals surface area contributed by atoms with E-state index in [9.17, 15) is 43.7 Å². The number of ether oxygens (including phenoxy) is 4. The maximum Gasteiger partial charge on any atom is 0.524 e. The second-order valence-corrected chi connectivity index (χ2v) is 24.5. The summed E-state index contributed by atoms with van der Waals surface area (Å²) >= 11 is 0. The molecule has 5 aliphatic carbocycles. The van der Waals surface area contributed by atoms with Gasteiger partial charge in [0.15, 0.2) is 43.2 Å². The first-order valence-electron chi connectivity index (χ1n) is 28.8. The molecule has 4 unspecified atom stereocenters. The monoisotopic (exact) mass is 1110 g/mol. The maximum atomic E-state index is 14.9. The zero-order valence-electron chi connectivity index (χ0n) is 45.8. The number of hydrogen-bond acceptors (Lipinski definition) is 13. The Morgan fingerprint density at radius 1 is 0.937 bits per heavy atom. The van der Waals surface area contributed by atoms with Crippen molar-refractivity contribution in [3.63, 3.8) is 0 Å². The number of phosphoric ester groups is 1. The van der Waals surface area contributed by atoms with E-state index in [1.54, 1.807) is 41.1 Å². The van der Waals surface area contributed by atoms with E-state index < -0.39 is 79.7 Å². The van der Waals surface area contributed by atoms with Gasteiger partial charge in [-0.1, -0.05) is 94.0 Å². The highest BCUT2D eigenvalue weighted by atomic mass is 31.2. The molecule has 79 heavy (non-hydrogen) atoms. The molecule has 6 aliphatic rings. The number of unbranched alkanes of at least 4 members (excludes halogenated alkanes) is 4. The van der Waals surface area contributed by atoms with E-state index in [0.29, 0.717) is 30.5 Å². The summed E-state index contributed by atoms with van der Waals surface area (Å²) in [6.45, 7) is 5.43. The number of carbonyl (C=O) groups is 4. The molecule has 5 fully saturated rings. The molecular formula is C61H81N3O14P+. The van der Waals surface area contributed by atoms with Gasteiger partial charge in [-0.25, -0.2) is 4.57 Å². The average Bonchev–Trinajstić information content (AvgIpc) is 4.13. The molecule has 18 heteroatoms. The number of aromatic nitrogens is 1. The molecule has 10 atom stereocenters. The van der Waals surface area contributed by atoms with Crippen LogP contribution in [-0.4, -0.2) is 107 Å². The quantitative estimate of drug-likeness (QED) is 0.0197. The maximum absolute atomic E-state index is 14.9. The molecule has 6 N–H and O–H groups in total. The molecule has 2 aromatic carbocycles. The van der Waals surface area contributed by atoms with Crippen molar-refractivity contribution in [2.45, 2.75) is 153 Å². The third kappa shape index (κ3) is 13.5. The van der Waals surface area contributed by atoms with Crippen LogP contribution in [0.4, 0.5) is 0 Å². The van der Waals surface area contributed by atoms with Crippen LogP contribution in [0.25, 0.3) is 0 Å². The number of benzene rings is 2. The molecule has 0 radical (unpaired) electrons. The zero-order chi connectivity index (χ0) is 55.8. The van der Waals surface area contributed by atoms with Crippen LogP contribution in [0.3, 0.4) is 0 Å². The Morgan fingerprint density at radius 2 is 1.71 bits per heavy atom. The first-order chi connectivity index (χ1) is 38.0. The highest BCUT2D eigenvalue weighted by Gasteiger charge is 2.76. The fraction of sp³-hybridized carbons (Fsp3) is 0.590. The topological polar surface area (TPSA) is 240 Å². The number of aryl methyl sites for hydroxylation is 1. The average molecular weight is 1110 g/mol. The summed E-state index contributed by atoms with van der Waals surface area (Å²) in [6, 6.07) is 18.2. The lowest BCUT2D eigenvalue weighted by Gasteiger charge is -2.59. The summed E-state index contributed by atoms with van der Waals surface area (Å²) in [6.07, 6.45) is 20.0. The molecule has 1 amide bonds. The van der Waals surface area contributed by atoms with E-state index in [1.165, 1.54) is 23.9 Å². The van der Waals surface area contributed by atoms with Crippen LogP contribution in [0.1, 0.15) is 143 Å². The van der Waals surface area contributed by atoms with E-state index in [-0.39, 0.29) is 60.3 Å². The first-order valence-corrected chi connectivity index (χ1v) is 30.3. The number of nitrogens with one attached hydrogen (secondary N) is 2. The highest BCUT2D eigenvalue weighted by molar-refractivity contribution is 7.46. The van der Waals surface area contributed by atoms with Gasteiger partial charge < -0.3 is 44.3 Å². The van der Waals surface area contributed by atoms with Crippen LogP contribution in [0, 0.1) is 34.5 Å². The van der Waals surface area contributed by atoms with Gasteiger partial charge in [-0.05, 0) is 130 Å². The SMILES string of the molecule is C[C@]12C=CC(=O)C=C1CCC1C2[C@@H](O)C[C@@]2(C)C1C[C@@H]1O[C@@H](C3CCCCC3)O[C@]12C(=O)COC(=O)CNC(=O)c1ccc[n+](Cc2cc(C(O)CNCCCCCCOCCCCc3ccccc3)ccc2OP(=O)(O)O)c1. The number of ketones is 2. The van der Waals surface area contributed by atoms with E-state index in [4.69, 9.17) is 23.5 Å². The van der Waals surface area contributed by atoms with Crippen LogP contribution in [0.2, 0.25) is 0 Å². The van der Waals surface area contributed by atoms with Crippen molar-refractivity contribution in [1.29, 1.82) is 0 Å². The third-order valence-electron chi connectivity index (χ3n) is 18.2. The summed E-state index contributed by atoms with van der Waals surface area (Å²) in [5.41, 5.74) is 0.544. The summed E-state index contributed by atoms with van der Waals surface area (Å²) in [7, 11) is -4.97. The van der Waals surface area contributed by atoms with Gasteiger partial charge in [0.05, 0.1) is 23.9 Å². The van der Waals surface area contributed by atoms with E-state index in [0.717, 1.165) is 102 Å². The van der Waals surface area contributed by atoms with Gasteiger partial charge in [0.25, 0.3) is 5.91 Å². The second kappa shape index (κ2) is 25.9. The molecule has 3 aromatic rings. The number of allylic oxidation sites excluding steroid dienone is 4. The standard InChI is InChI=1S/C61H80N3O14P/c1-59-27-26-47(65)33-46(59)23-24-48-49-34-54-61(60(49,2)35-50(66)56(48)59,77-58(76-54)42-19-9-6-10-20-42)53(68)40-75-55(69)37-63-57(70)44-21-15-29-64(38-44)39-45-32-43(22-25-52(45)78-79(71,72)73)51(67)36-62-28-12-3-4-13-30-74-31-14-11-18-41-16-7-5-8-17-41/h5,7-8,15-17,21-22,25-27,29,32-33,38,42,48-51,54,56,58,62,66-67H,3-4,6,9-14,18-20,23-24,28,30-31,34-37,39-40H2,1-2H3,(H2-,63,70,71,72,73)/p+1/t48?,49?,50-,51?,54-,56?,58+,59-,60-,61+/m0/s1.